The maximum Gasteiger partial charge on any atom is 0.408 e. The van der Waals surface area contributed by atoms with Crippen LogP contribution in [0.25, 0.3) is 66.5 Å². The summed E-state index contributed by atoms with van der Waals surface area (Å²) in [6.45, 7) is 13.5. The van der Waals surface area contributed by atoms with Crippen LogP contribution in [0, 0.1) is 0 Å². The van der Waals surface area contributed by atoms with Crippen LogP contribution in [-0.4, -0.2) is 114 Å². The molecule has 3 aromatic heterocycles. The first-order chi connectivity index (χ1) is 45.5. The Morgan fingerprint density at radius 2 is 0.676 bits per heavy atom. The third kappa shape index (κ3) is 14.6. The molecule has 0 saturated heterocycles. The summed E-state index contributed by atoms with van der Waals surface area (Å²) in [5, 5.41) is 24.9. The molecule has 19 nitrogen and oxygen atoms in total. The van der Waals surface area contributed by atoms with Crippen LogP contribution in [0.2, 0.25) is 25.1 Å². The van der Waals surface area contributed by atoms with Gasteiger partial charge in [0.2, 0.25) is 0 Å². The van der Waals surface area contributed by atoms with E-state index in [0.29, 0.717) is 104 Å². The Balaban J connectivity index is 0.000000215. The molecule has 4 aliphatic carbocycles. The fraction of sp³-hybridized carbons (Fsp3) is 0.221. The van der Waals surface area contributed by atoms with E-state index in [2.05, 4.69) is 31.0 Å². The lowest BCUT2D eigenvalue weighted by molar-refractivity contribution is 0.0480. The summed E-state index contributed by atoms with van der Waals surface area (Å²) in [4.78, 5) is 114. The number of ketones is 5. The molecule has 2 amide bonds. The first-order valence-electron chi connectivity index (χ1n) is 29.8. The molecule has 15 rings (SSSR count). The standard InChI is InChI=1S/2C22H20ClN3O4.C14H6Cl2O2.C14H7ClN2O.5CH4.B/c2*1-11(24-21(29)30-22(2,3)4)20(28)26-18-12-7-5-9-14(23)16(12)19(27)13-8-6-10-15(25-26)17(13)18;15-9-5-1-3-7-11(9)14(18)8-4-2-6-10(16)12(8)13(7)17;15-9-5-1-3-7-11(9)14(18)8-4-2-6-10-12(8)13(7)17-16-10;;;;;;/h2*5-11H,1-4H3,(H,24,29);1-6H;1-6H,(H,16,17);5*1H4;/t2*11-;;;;;;;;/m00......../s1. The number of hydrogen-bond donors (Lipinski definition) is 3. The lowest BCUT2D eigenvalue weighted by Gasteiger charge is -2.22. The number of nitrogens with zero attached hydrogens (tertiary/aromatic N) is 5. The fourth-order valence-electron chi connectivity index (χ4n) is 11.8. The Kier molecular flexibility index (Phi) is 24.6. The van der Waals surface area contributed by atoms with Crippen molar-refractivity contribution in [3.05, 3.63) is 226 Å². The van der Waals surface area contributed by atoms with E-state index < -0.39 is 47.3 Å². The lowest BCUT2D eigenvalue weighted by Crippen LogP contribution is -2.44. The van der Waals surface area contributed by atoms with Crippen LogP contribution in [0.15, 0.2) is 146 Å². The van der Waals surface area contributed by atoms with Gasteiger partial charge in [-0.05, 0) is 104 Å². The van der Waals surface area contributed by atoms with Crippen LogP contribution in [0.1, 0.15) is 182 Å². The molecule has 525 valence electrons. The van der Waals surface area contributed by atoms with Crippen molar-refractivity contribution in [2.24, 2.45) is 0 Å². The molecular formula is C77H73BCl5N8O11. The average molecular weight is 1470 g/mol. The molecule has 0 aliphatic heterocycles. The van der Waals surface area contributed by atoms with E-state index in [-0.39, 0.29) is 95.6 Å². The highest BCUT2D eigenvalue weighted by molar-refractivity contribution is 6.43. The highest BCUT2D eigenvalue weighted by Crippen LogP contribution is 2.45. The number of benzene rings is 8. The van der Waals surface area contributed by atoms with Crippen LogP contribution in [0.4, 0.5) is 9.59 Å². The molecule has 102 heavy (non-hydrogen) atoms. The molecule has 3 radical (unpaired) electrons. The molecule has 11 aromatic rings. The number of halogens is 5. The number of alkyl carbamates (subject to hydrolysis) is 2. The Hall–Kier alpha value is -10.1. The van der Waals surface area contributed by atoms with Crippen LogP contribution in [0.5, 0.6) is 0 Å². The predicted molar refractivity (Wildman–Crippen MR) is 405 cm³/mol. The van der Waals surface area contributed by atoms with Crippen molar-refractivity contribution in [3.63, 3.8) is 0 Å². The van der Waals surface area contributed by atoms with E-state index in [0.717, 1.165) is 22.2 Å². The average Bonchev–Trinajstić information content (AvgIpc) is 1.53. The Labute approximate surface area is 617 Å². The first kappa shape index (κ1) is 80.9. The number of hydrogen-bond acceptors (Lipinski definition) is 14. The smallest absolute Gasteiger partial charge is 0.408 e. The summed E-state index contributed by atoms with van der Waals surface area (Å²) >= 11 is 30.8. The van der Waals surface area contributed by atoms with E-state index in [4.69, 9.17) is 67.5 Å². The van der Waals surface area contributed by atoms with Gasteiger partial charge in [0, 0.05) is 69.1 Å². The number of ether oxygens (including phenoxy) is 2. The normalized spacial score (nSPS) is 12.7. The van der Waals surface area contributed by atoms with Crippen molar-refractivity contribution in [2.45, 2.75) is 116 Å². The Morgan fingerprint density at radius 3 is 1.03 bits per heavy atom. The highest BCUT2D eigenvalue weighted by Gasteiger charge is 2.38. The van der Waals surface area contributed by atoms with E-state index in [1.807, 2.05) is 30.3 Å². The van der Waals surface area contributed by atoms with Crippen LogP contribution < -0.4 is 10.6 Å². The van der Waals surface area contributed by atoms with Crippen molar-refractivity contribution in [1.82, 2.24) is 40.4 Å². The SMILES string of the molecule is C.C.C.C.C.C[C@H](NC(=O)OC(C)(C)C)C(=O)n1nc2cccc3c2c1-c1cccc(Cl)c1C3=O.C[C@H](NC(=O)OC(C)(C)C)C(=O)n1nc2cccc3c2c1-c1cccc(Cl)c1C3=O.O=C1c2c(Cl)cccc2-c2n[nH]c3cccc1c23.O=C1c2cccc(Cl)c2C(=O)c2cccc(Cl)c21.[B]. The number of carbonyl (C=O) groups excluding carboxylic acids is 9. The summed E-state index contributed by atoms with van der Waals surface area (Å²) < 4.78 is 12.9. The third-order valence-corrected chi connectivity index (χ3v) is 17.4. The summed E-state index contributed by atoms with van der Waals surface area (Å²) in [7, 11) is 0. The molecule has 0 bridgehead atoms. The van der Waals surface area contributed by atoms with Gasteiger partial charge in [0.15, 0.2) is 28.9 Å². The van der Waals surface area contributed by atoms with Crippen molar-refractivity contribution >= 4 is 152 Å². The molecule has 2 atom stereocenters. The van der Waals surface area contributed by atoms with Crippen LogP contribution in [-0.2, 0) is 9.47 Å². The van der Waals surface area contributed by atoms with Gasteiger partial charge in [-0.3, -0.25) is 38.7 Å². The number of nitrogens with one attached hydrogen (secondary N) is 3. The number of aromatic nitrogens is 6. The van der Waals surface area contributed by atoms with Gasteiger partial charge in [0.05, 0.1) is 80.9 Å². The molecule has 3 N–H and O–H groups in total. The molecule has 3 heterocycles. The molecule has 0 saturated carbocycles. The fourth-order valence-corrected chi connectivity index (χ4v) is 13.1. The quantitative estimate of drug-likeness (QED) is 0.138. The predicted octanol–water partition coefficient (Wildman–Crippen LogP) is 18.9. The molecular weight excluding hydrogens is 1400 g/mol. The molecule has 4 aliphatic rings. The molecule has 25 heteroatoms. The number of carbonyl (C=O) groups is 9. The van der Waals surface area contributed by atoms with Crippen LogP contribution in [0.3, 0.4) is 0 Å². The van der Waals surface area contributed by atoms with Gasteiger partial charge >= 0.3 is 12.2 Å². The van der Waals surface area contributed by atoms with Crippen molar-refractivity contribution in [3.8, 4) is 33.8 Å². The van der Waals surface area contributed by atoms with E-state index in [9.17, 15) is 43.2 Å². The van der Waals surface area contributed by atoms with Gasteiger partial charge < -0.3 is 20.1 Å². The van der Waals surface area contributed by atoms with Crippen molar-refractivity contribution in [2.75, 3.05) is 0 Å². The zero-order chi connectivity index (χ0) is 68.7. The van der Waals surface area contributed by atoms with Gasteiger partial charge in [-0.15, -0.1) is 0 Å². The molecule has 0 spiro atoms. The summed E-state index contributed by atoms with van der Waals surface area (Å²) in [5.74, 6) is -1.88. The summed E-state index contributed by atoms with van der Waals surface area (Å²) in [6, 6.07) is 39.4. The zero-order valence-electron chi connectivity index (χ0n) is 52.7. The second kappa shape index (κ2) is 31.0. The second-order valence-electron chi connectivity index (χ2n) is 24.6. The zero-order valence-corrected chi connectivity index (χ0v) is 56.5. The monoisotopic (exact) mass is 1470 g/mol. The topological polar surface area (TPSA) is 260 Å². The van der Waals surface area contributed by atoms with Gasteiger partial charge in [-0.1, -0.05) is 192 Å². The third-order valence-electron chi connectivity index (χ3n) is 15.8. The number of fused-ring (bicyclic) bond motifs is 8. The lowest BCUT2D eigenvalue weighted by atomic mass is 9.84. The Morgan fingerprint density at radius 1 is 0.402 bits per heavy atom. The minimum absolute atomic E-state index is 0. The minimum Gasteiger partial charge on any atom is -0.444 e. The second-order valence-corrected chi connectivity index (χ2v) is 26.6. The largest absolute Gasteiger partial charge is 0.444 e. The van der Waals surface area contributed by atoms with Crippen molar-refractivity contribution < 1.29 is 52.6 Å². The Bertz CT molecular complexity index is 5010. The van der Waals surface area contributed by atoms with Crippen LogP contribution >= 0.6 is 58.0 Å². The van der Waals surface area contributed by atoms with Gasteiger partial charge in [0.1, 0.15) is 29.0 Å². The van der Waals surface area contributed by atoms with Crippen molar-refractivity contribution in [1.29, 1.82) is 0 Å². The first-order valence-corrected chi connectivity index (χ1v) is 31.7. The minimum atomic E-state index is -0.908. The maximum atomic E-state index is 13.2. The number of H-pyrrole nitrogens is 1. The van der Waals surface area contributed by atoms with Gasteiger partial charge in [0.25, 0.3) is 11.8 Å². The van der Waals surface area contributed by atoms with E-state index >= 15 is 0 Å². The van der Waals surface area contributed by atoms with Gasteiger partial charge in [-0.25, -0.2) is 9.59 Å². The van der Waals surface area contributed by atoms with E-state index in [1.165, 1.54) is 9.36 Å². The number of aromatic amines is 1. The summed E-state index contributed by atoms with van der Waals surface area (Å²) in [6.07, 6.45) is -1.40. The van der Waals surface area contributed by atoms with Gasteiger partial charge in [-0.2, -0.15) is 24.7 Å². The summed E-state index contributed by atoms with van der Waals surface area (Å²) in [5.41, 5.74) is 8.08. The molecule has 0 fully saturated rings. The maximum absolute atomic E-state index is 13.2. The van der Waals surface area contributed by atoms with E-state index in [1.54, 1.807) is 171 Å². The number of rotatable bonds is 4. The highest BCUT2D eigenvalue weighted by atomic mass is 35.5. The molecule has 8 aromatic carbocycles. The molecule has 0 unspecified atom stereocenters. The number of amides is 2.